The Labute approximate surface area is 131 Å². The second-order valence-corrected chi connectivity index (χ2v) is 5.57. The van der Waals surface area contributed by atoms with Gasteiger partial charge in [0.1, 0.15) is 5.82 Å². The third kappa shape index (κ3) is 2.95. The van der Waals surface area contributed by atoms with E-state index in [1.807, 2.05) is 0 Å². The molecule has 0 aliphatic heterocycles. The maximum Gasteiger partial charge on any atom is 0.124 e. The quantitative estimate of drug-likeness (QED) is 0.743. The fourth-order valence-corrected chi connectivity index (χ4v) is 3.14. The first-order chi connectivity index (χ1) is 9.47. The number of nitrogens with two attached hydrogens (primary N) is 1. The zero-order valence-electron chi connectivity index (χ0n) is 10.3. The molecule has 0 unspecified atom stereocenters. The fourth-order valence-electron chi connectivity index (χ4n) is 2.13. The van der Waals surface area contributed by atoms with Crippen LogP contribution in [0.4, 0.5) is 4.39 Å². The summed E-state index contributed by atoms with van der Waals surface area (Å²) in [5, 5.41) is 10.3. The van der Waals surface area contributed by atoms with Crippen molar-refractivity contribution in [1.29, 1.82) is 0 Å². The SMILES string of the molecule is NCc1cc(Cl)cc(Cl)c1-c1c(S)cc(F)cc1CO. The first-order valence-electron chi connectivity index (χ1n) is 5.78. The average Bonchev–Trinajstić information content (AvgIpc) is 2.38. The standard InChI is InChI=1S/C14H12Cl2FNOS/c15-9-1-7(5-18)13(11(16)3-9)14-8(6-19)2-10(17)4-12(14)20/h1-4,19-20H,5-6,18H2. The Kier molecular flexibility index (Phi) is 4.94. The predicted molar refractivity (Wildman–Crippen MR) is 82.9 cm³/mol. The van der Waals surface area contributed by atoms with Gasteiger partial charge in [-0.2, -0.15) is 0 Å². The molecule has 0 atom stereocenters. The largest absolute Gasteiger partial charge is 0.392 e. The number of aliphatic hydroxyl groups is 1. The molecule has 0 heterocycles. The van der Waals surface area contributed by atoms with E-state index in [0.29, 0.717) is 37.2 Å². The summed E-state index contributed by atoms with van der Waals surface area (Å²) in [4.78, 5) is 0.382. The zero-order valence-corrected chi connectivity index (χ0v) is 12.7. The highest BCUT2D eigenvalue weighted by Crippen LogP contribution is 2.39. The van der Waals surface area contributed by atoms with Gasteiger partial charge >= 0.3 is 0 Å². The summed E-state index contributed by atoms with van der Waals surface area (Å²) in [5.74, 6) is -0.470. The minimum Gasteiger partial charge on any atom is -0.392 e. The van der Waals surface area contributed by atoms with Gasteiger partial charge in [-0.3, -0.25) is 0 Å². The van der Waals surface area contributed by atoms with E-state index in [4.69, 9.17) is 28.9 Å². The monoisotopic (exact) mass is 331 g/mol. The van der Waals surface area contributed by atoms with Crippen LogP contribution in [0.15, 0.2) is 29.2 Å². The third-order valence-corrected chi connectivity index (χ3v) is 3.81. The molecule has 0 saturated heterocycles. The maximum absolute atomic E-state index is 13.4. The van der Waals surface area contributed by atoms with Crippen LogP contribution < -0.4 is 5.73 Å². The van der Waals surface area contributed by atoms with Gasteiger partial charge in [-0.1, -0.05) is 23.2 Å². The minimum absolute atomic E-state index is 0.213. The number of hydrogen-bond acceptors (Lipinski definition) is 3. The van der Waals surface area contributed by atoms with Crippen molar-refractivity contribution < 1.29 is 9.50 Å². The molecule has 0 radical (unpaired) electrons. The van der Waals surface area contributed by atoms with Crippen molar-refractivity contribution in [2.24, 2.45) is 5.73 Å². The lowest BCUT2D eigenvalue weighted by atomic mass is 9.95. The third-order valence-electron chi connectivity index (χ3n) is 2.94. The van der Waals surface area contributed by atoms with Gasteiger partial charge in [-0.05, 0) is 35.4 Å². The van der Waals surface area contributed by atoms with Crippen molar-refractivity contribution in [3.05, 3.63) is 51.3 Å². The van der Waals surface area contributed by atoms with Crippen LogP contribution in [-0.4, -0.2) is 5.11 Å². The van der Waals surface area contributed by atoms with Crippen LogP contribution in [0.3, 0.4) is 0 Å². The van der Waals surface area contributed by atoms with Gasteiger partial charge in [0.15, 0.2) is 0 Å². The molecule has 0 fully saturated rings. The Hall–Kier alpha value is -0.780. The molecule has 0 aliphatic rings. The number of thiol groups is 1. The average molecular weight is 332 g/mol. The Morgan fingerprint density at radius 2 is 1.80 bits per heavy atom. The first kappa shape index (κ1) is 15.6. The second kappa shape index (κ2) is 6.33. The van der Waals surface area contributed by atoms with Crippen LogP contribution >= 0.6 is 35.8 Å². The molecule has 0 amide bonds. The minimum atomic E-state index is -0.470. The number of benzene rings is 2. The van der Waals surface area contributed by atoms with Crippen LogP contribution in [0.25, 0.3) is 11.1 Å². The van der Waals surface area contributed by atoms with Crippen molar-refractivity contribution in [1.82, 2.24) is 0 Å². The van der Waals surface area contributed by atoms with Crippen molar-refractivity contribution in [2.45, 2.75) is 18.0 Å². The smallest absolute Gasteiger partial charge is 0.124 e. The number of aliphatic hydroxyl groups excluding tert-OH is 1. The van der Waals surface area contributed by atoms with Gasteiger partial charge in [0.2, 0.25) is 0 Å². The summed E-state index contributed by atoms with van der Waals surface area (Å²) in [6.07, 6.45) is 0. The van der Waals surface area contributed by atoms with Crippen molar-refractivity contribution in [2.75, 3.05) is 0 Å². The Morgan fingerprint density at radius 3 is 2.40 bits per heavy atom. The van der Waals surface area contributed by atoms with Gasteiger partial charge in [0.25, 0.3) is 0 Å². The normalized spacial score (nSPS) is 10.9. The lowest BCUT2D eigenvalue weighted by Crippen LogP contribution is -2.02. The Bertz CT molecular complexity index is 607. The number of halogens is 3. The zero-order chi connectivity index (χ0) is 14.9. The van der Waals surface area contributed by atoms with Crippen LogP contribution in [0.2, 0.25) is 10.0 Å². The molecule has 0 saturated carbocycles. The highest BCUT2D eigenvalue weighted by atomic mass is 35.5. The molecule has 2 nitrogen and oxygen atoms in total. The first-order valence-corrected chi connectivity index (χ1v) is 6.98. The highest BCUT2D eigenvalue weighted by molar-refractivity contribution is 7.80. The van der Waals surface area contributed by atoms with E-state index in [9.17, 15) is 9.50 Å². The topological polar surface area (TPSA) is 46.2 Å². The maximum atomic E-state index is 13.4. The molecular weight excluding hydrogens is 320 g/mol. The van der Waals surface area contributed by atoms with Crippen molar-refractivity contribution in [3.8, 4) is 11.1 Å². The second-order valence-electron chi connectivity index (χ2n) is 4.24. The van der Waals surface area contributed by atoms with E-state index < -0.39 is 5.82 Å². The molecule has 0 spiro atoms. The summed E-state index contributed by atoms with van der Waals surface area (Å²) in [6.45, 7) is -0.116. The molecule has 0 aromatic heterocycles. The Morgan fingerprint density at radius 1 is 1.10 bits per heavy atom. The summed E-state index contributed by atoms with van der Waals surface area (Å²) < 4.78 is 13.4. The van der Waals surface area contributed by atoms with E-state index in [1.165, 1.54) is 12.1 Å². The van der Waals surface area contributed by atoms with E-state index in [0.717, 1.165) is 0 Å². The number of rotatable bonds is 3. The van der Waals surface area contributed by atoms with Crippen LogP contribution in [0.5, 0.6) is 0 Å². The molecule has 106 valence electrons. The van der Waals surface area contributed by atoms with Gasteiger partial charge in [0.05, 0.1) is 11.6 Å². The molecule has 2 rings (SSSR count). The van der Waals surface area contributed by atoms with Crippen LogP contribution in [-0.2, 0) is 13.2 Å². The van der Waals surface area contributed by atoms with Gasteiger partial charge in [0, 0.05) is 27.6 Å². The van der Waals surface area contributed by atoms with Crippen LogP contribution in [0.1, 0.15) is 11.1 Å². The summed E-state index contributed by atoms with van der Waals surface area (Å²) >= 11 is 16.5. The lowest BCUT2D eigenvalue weighted by Gasteiger charge is -2.16. The van der Waals surface area contributed by atoms with E-state index in [1.54, 1.807) is 12.1 Å². The van der Waals surface area contributed by atoms with Gasteiger partial charge in [-0.15, -0.1) is 12.6 Å². The highest BCUT2D eigenvalue weighted by Gasteiger charge is 2.17. The molecule has 6 heteroatoms. The molecule has 0 aliphatic carbocycles. The number of hydrogen-bond donors (Lipinski definition) is 3. The van der Waals surface area contributed by atoms with Gasteiger partial charge in [-0.25, -0.2) is 4.39 Å². The van der Waals surface area contributed by atoms with Gasteiger partial charge < -0.3 is 10.8 Å². The Balaban J connectivity index is 2.81. The molecule has 20 heavy (non-hydrogen) atoms. The summed E-state index contributed by atoms with van der Waals surface area (Å²) in [6, 6.07) is 5.79. The lowest BCUT2D eigenvalue weighted by molar-refractivity contribution is 0.281. The fraction of sp³-hybridized carbons (Fsp3) is 0.143. The van der Waals surface area contributed by atoms with Crippen molar-refractivity contribution >= 4 is 35.8 Å². The van der Waals surface area contributed by atoms with Crippen LogP contribution in [0, 0.1) is 5.82 Å². The predicted octanol–water partition coefficient (Wildman–Crippen LogP) is 4.04. The van der Waals surface area contributed by atoms with Crippen molar-refractivity contribution in [3.63, 3.8) is 0 Å². The van der Waals surface area contributed by atoms with E-state index >= 15 is 0 Å². The summed E-state index contributed by atoms with van der Waals surface area (Å²) in [5.41, 5.74) is 8.01. The molecular formula is C14H12Cl2FNOS. The summed E-state index contributed by atoms with van der Waals surface area (Å²) in [7, 11) is 0. The molecule has 2 aromatic carbocycles. The molecule has 2 aromatic rings. The molecule has 0 bridgehead atoms. The molecule has 3 N–H and O–H groups in total. The van der Waals surface area contributed by atoms with E-state index in [2.05, 4.69) is 12.6 Å². The van der Waals surface area contributed by atoms with E-state index in [-0.39, 0.29) is 13.2 Å².